The number of benzene rings is 2. The van der Waals surface area contributed by atoms with Crippen molar-refractivity contribution >= 4 is 47.2 Å². The lowest BCUT2D eigenvalue weighted by molar-refractivity contribution is -0.132. The van der Waals surface area contributed by atoms with Crippen molar-refractivity contribution in [1.29, 1.82) is 0 Å². The van der Waals surface area contributed by atoms with Crippen LogP contribution < -0.4 is 14.8 Å². The van der Waals surface area contributed by atoms with E-state index in [4.69, 9.17) is 9.47 Å². The molecule has 37 heavy (non-hydrogen) atoms. The molecule has 1 N–H and O–H groups in total. The number of nitrogens with zero attached hydrogens (tertiary/aromatic N) is 2. The normalized spacial score (nSPS) is 19.6. The first-order valence-corrected chi connectivity index (χ1v) is 12.3. The Hall–Kier alpha value is -3.43. The highest BCUT2D eigenvalue weighted by molar-refractivity contribution is 6.26. The molecule has 9 nitrogen and oxygen atoms in total. The monoisotopic (exact) mass is 527 g/mol. The van der Waals surface area contributed by atoms with E-state index in [1.807, 2.05) is 6.07 Å². The predicted molar refractivity (Wildman–Crippen MR) is 139 cm³/mol. The molecule has 1 saturated heterocycles. The smallest absolute Gasteiger partial charge is 0.264 e. The van der Waals surface area contributed by atoms with E-state index in [0.29, 0.717) is 29.5 Å². The zero-order chi connectivity index (χ0) is 25.2. The van der Waals surface area contributed by atoms with Crippen molar-refractivity contribution in [2.75, 3.05) is 38.7 Å². The summed E-state index contributed by atoms with van der Waals surface area (Å²) in [4.78, 5) is 53.9. The molecule has 0 bridgehead atoms. The van der Waals surface area contributed by atoms with Crippen LogP contribution in [0.3, 0.4) is 0 Å². The average molecular weight is 528 g/mol. The third-order valence-corrected chi connectivity index (χ3v) is 7.01. The molecule has 2 heterocycles. The van der Waals surface area contributed by atoms with Gasteiger partial charge in [-0.3, -0.25) is 29.0 Å². The van der Waals surface area contributed by atoms with Gasteiger partial charge in [-0.05, 0) is 56.6 Å². The first-order chi connectivity index (χ1) is 17.5. The van der Waals surface area contributed by atoms with Crippen LogP contribution in [0.15, 0.2) is 36.4 Å². The minimum Gasteiger partial charge on any atom is -0.494 e. The highest BCUT2D eigenvalue weighted by Crippen LogP contribution is 2.37. The lowest BCUT2D eigenvalue weighted by Crippen LogP contribution is -2.47. The van der Waals surface area contributed by atoms with E-state index < -0.39 is 23.6 Å². The summed E-state index contributed by atoms with van der Waals surface area (Å²) in [6, 6.07) is 9.48. The van der Waals surface area contributed by atoms with Crippen molar-refractivity contribution in [3.05, 3.63) is 47.5 Å². The topological polar surface area (TPSA) is 105 Å². The molecule has 1 saturated carbocycles. The Morgan fingerprint density at radius 2 is 1.78 bits per heavy atom. The van der Waals surface area contributed by atoms with Gasteiger partial charge in [-0.15, -0.1) is 12.4 Å². The van der Waals surface area contributed by atoms with Crippen molar-refractivity contribution in [3.8, 4) is 11.5 Å². The molecule has 10 heteroatoms. The molecule has 1 unspecified atom stereocenters. The number of hydrogen-bond acceptors (Lipinski definition) is 8. The van der Waals surface area contributed by atoms with Crippen molar-refractivity contribution in [3.63, 3.8) is 0 Å². The van der Waals surface area contributed by atoms with E-state index in [9.17, 15) is 19.2 Å². The molecular weight excluding hydrogens is 498 g/mol. The maximum Gasteiger partial charge on any atom is 0.264 e. The Bertz CT molecular complexity index is 1230. The molecule has 2 aromatic carbocycles. The molecule has 1 atom stereocenters. The Labute approximate surface area is 221 Å². The van der Waals surface area contributed by atoms with E-state index in [0.717, 1.165) is 24.5 Å². The standard InChI is InChI=1S/C27H29N3O6.ClH/c1-35-24-16-18(36-14-13-29-11-2-3-12-29)8-9-20(24)28-21-6-4-5-19-25(21)27(34)30(26(19)33)22-10-7-17(31)15-23(22)32;/h4-6,8-9,16,22,28H,2-3,7,10-15H2,1H3;1H. The summed E-state index contributed by atoms with van der Waals surface area (Å²) < 4.78 is 11.5. The van der Waals surface area contributed by atoms with E-state index in [1.54, 1.807) is 37.4 Å². The maximum absolute atomic E-state index is 13.4. The predicted octanol–water partition coefficient (Wildman–Crippen LogP) is 3.62. The van der Waals surface area contributed by atoms with E-state index in [-0.39, 0.29) is 48.6 Å². The third-order valence-electron chi connectivity index (χ3n) is 7.01. The molecule has 1 aliphatic carbocycles. The zero-order valence-corrected chi connectivity index (χ0v) is 21.5. The molecule has 2 amide bonds. The number of ketones is 2. The van der Waals surface area contributed by atoms with Gasteiger partial charge in [-0.1, -0.05) is 6.07 Å². The number of likely N-dealkylation sites (tertiary alicyclic amines) is 1. The Morgan fingerprint density at radius 3 is 2.51 bits per heavy atom. The average Bonchev–Trinajstić information content (AvgIpc) is 3.47. The summed E-state index contributed by atoms with van der Waals surface area (Å²) in [6.07, 6.45) is 2.57. The SMILES string of the molecule is COc1cc(OCCN2CCCC2)ccc1Nc1cccc2c1C(=O)N(C1CCC(=O)CC1=O)C2=O.Cl. The fourth-order valence-corrected chi connectivity index (χ4v) is 5.13. The van der Waals surface area contributed by atoms with Gasteiger partial charge in [0.05, 0.1) is 42.1 Å². The lowest BCUT2D eigenvalue weighted by Gasteiger charge is -2.27. The second-order valence-corrected chi connectivity index (χ2v) is 9.33. The summed E-state index contributed by atoms with van der Waals surface area (Å²) in [7, 11) is 1.55. The van der Waals surface area contributed by atoms with Gasteiger partial charge in [-0.25, -0.2) is 0 Å². The molecule has 3 aliphatic rings. The van der Waals surface area contributed by atoms with Crippen molar-refractivity contribution in [1.82, 2.24) is 9.80 Å². The lowest BCUT2D eigenvalue weighted by atomic mass is 9.92. The minimum atomic E-state index is -0.908. The van der Waals surface area contributed by atoms with Gasteiger partial charge < -0.3 is 14.8 Å². The second-order valence-electron chi connectivity index (χ2n) is 9.33. The van der Waals surface area contributed by atoms with E-state index in [2.05, 4.69) is 10.2 Å². The summed E-state index contributed by atoms with van der Waals surface area (Å²) in [5.41, 5.74) is 1.49. The van der Waals surface area contributed by atoms with Crippen molar-refractivity contribution < 1.29 is 28.7 Å². The molecule has 2 aliphatic heterocycles. The van der Waals surface area contributed by atoms with Gasteiger partial charge in [0.2, 0.25) is 0 Å². The Balaban J connectivity index is 0.00000320. The Morgan fingerprint density at radius 1 is 1.00 bits per heavy atom. The van der Waals surface area contributed by atoms with Gasteiger partial charge in [0.25, 0.3) is 11.8 Å². The molecule has 0 spiro atoms. The van der Waals surface area contributed by atoms with Crippen LogP contribution in [0.4, 0.5) is 11.4 Å². The highest BCUT2D eigenvalue weighted by Gasteiger charge is 2.45. The number of imide groups is 1. The van der Waals surface area contributed by atoms with E-state index >= 15 is 0 Å². The fraction of sp³-hybridized carbons (Fsp3) is 0.407. The van der Waals surface area contributed by atoms with Gasteiger partial charge in [0, 0.05) is 19.0 Å². The Kier molecular flexibility index (Phi) is 8.14. The van der Waals surface area contributed by atoms with Crippen LogP contribution in [-0.4, -0.2) is 72.6 Å². The number of nitrogens with one attached hydrogen (secondary N) is 1. The van der Waals surface area contributed by atoms with Crippen LogP contribution in [0, 0.1) is 0 Å². The minimum absolute atomic E-state index is 0. The van der Waals surface area contributed by atoms with Gasteiger partial charge >= 0.3 is 0 Å². The first kappa shape index (κ1) is 26.6. The van der Waals surface area contributed by atoms with Gasteiger partial charge in [0.15, 0.2) is 5.78 Å². The number of Topliss-reactive ketones (excluding diaryl/α,β-unsaturated/α-hetero) is 2. The molecule has 196 valence electrons. The van der Waals surface area contributed by atoms with Crippen molar-refractivity contribution in [2.24, 2.45) is 0 Å². The van der Waals surface area contributed by atoms with Crippen LogP contribution in [0.1, 0.15) is 52.8 Å². The molecule has 0 aromatic heterocycles. The number of rotatable bonds is 8. The first-order valence-electron chi connectivity index (χ1n) is 12.3. The molecular formula is C27H30ClN3O6. The summed E-state index contributed by atoms with van der Waals surface area (Å²) >= 11 is 0. The summed E-state index contributed by atoms with van der Waals surface area (Å²) in [5, 5.41) is 3.22. The number of amides is 2. The number of carbonyl (C=O) groups is 4. The third kappa shape index (κ3) is 5.33. The molecule has 2 fully saturated rings. The molecule has 2 aromatic rings. The van der Waals surface area contributed by atoms with Gasteiger partial charge in [-0.2, -0.15) is 0 Å². The number of halogens is 1. The van der Waals surface area contributed by atoms with Gasteiger partial charge in [0.1, 0.15) is 23.9 Å². The number of carbonyl (C=O) groups excluding carboxylic acids is 4. The van der Waals surface area contributed by atoms with E-state index in [1.165, 1.54) is 12.8 Å². The number of methoxy groups -OCH3 is 1. The number of anilines is 2. The summed E-state index contributed by atoms with van der Waals surface area (Å²) in [5.74, 6) is -0.395. The second kappa shape index (κ2) is 11.3. The largest absolute Gasteiger partial charge is 0.494 e. The molecule has 0 radical (unpaired) electrons. The highest BCUT2D eigenvalue weighted by atomic mass is 35.5. The maximum atomic E-state index is 13.4. The van der Waals surface area contributed by atoms with Crippen LogP contribution in [0.2, 0.25) is 0 Å². The van der Waals surface area contributed by atoms with Crippen LogP contribution >= 0.6 is 12.4 Å². The van der Waals surface area contributed by atoms with Crippen LogP contribution in [-0.2, 0) is 9.59 Å². The quantitative estimate of drug-likeness (QED) is 0.410. The number of fused-ring (bicyclic) bond motifs is 1. The summed E-state index contributed by atoms with van der Waals surface area (Å²) in [6.45, 7) is 3.69. The fourth-order valence-electron chi connectivity index (χ4n) is 5.13. The van der Waals surface area contributed by atoms with Crippen molar-refractivity contribution in [2.45, 2.75) is 38.1 Å². The molecule has 5 rings (SSSR count). The van der Waals surface area contributed by atoms with Crippen LogP contribution in [0.5, 0.6) is 11.5 Å². The number of ether oxygens (including phenoxy) is 2. The zero-order valence-electron chi connectivity index (χ0n) is 20.7. The number of hydrogen-bond donors (Lipinski definition) is 1. The van der Waals surface area contributed by atoms with Crippen LogP contribution in [0.25, 0.3) is 0 Å².